The molecule has 4 N–H and O–H groups in total. The molecule has 0 aromatic rings. The fourth-order valence-electron chi connectivity index (χ4n) is 1.29. The molecular formula is C10H20N2O5. The molecule has 0 aliphatic rings. The van der Waals surface area contributed by atoms with Crippen molar-refractivity contribution in [2.45, 2.75) is 25.8 Å². The lowest BCUT2D eigenvalue weighted by Gasteiger charge is -2.23. The molecule has 0 aliphatic carbocycles. The van der Waals surface area contributed by atoms with Crippen LogP contribution in [0.3, 0.4) is 0 Å². The normalized spacial score (nSPS) is 11.9. The van der Waals surface area contributed by atoms with E-state index >= 15 is 0 Å². The third-order valence-corrected chi connectivity index (χ3v) is 2.27. The number of nitrogens with one attached hydrogen (secondary N) is 1. The van der Waals surface area contributed by atoms with Gasteiger partial charge in [0.05, 0.1) is 0 Å². The van der Waals surface area contributed by atoms with Crippen LogP contribution in [0.1, 0.15) is 19.8 Å². The maximum Gasteiger partial charge on any atom is 0.326 e. The Kier molecular flexibility index (Phi) is 8.08. The van der Waals surface area contributed by atoms with Crippen molar-refractivity contribution in [2.75, 3.05) is 26.3 Å². The minimum Gasteiger partial charge on any atom is -0.480 e. The molecule has 0 saturated heterocycles. The number of amides is 2. The van der Waals surface area contributed by atoms with E-state index < -0.39 is 18.0 Å². The van der Waals surface area contributed by atoms with E-state index in [1.165, 1.54) is 4.90 Å². The fourth-order valence-corrected chi connectivity index (χ4v) is 1.29. The first-order valence-electron chi connectivity index (χ1n) is 5.56. The summed E-state index contributed by atoms with van der Waals surface area (Å²) in [5.74, 6) is -1.18. The second kappa shape index (κ2) is 8.77. The Bertz CT molecular complexity index is 247. The fraction of sp³-hybridized carbons (Fsp3) is 0.800. The number of rotatable bonds is 8. The molecule has 17 heavy (non-hydrogen) atoms. The van der Waals surface area contributed by atoms with Gasteiger partial charge in [-0.05, 0) is 13.3 Å². The zero-order chi connectivity index (χ0) is 13.3. The van der Waals surface area contributed by atoms with Crippen molar-refractivity contribution in [1.29, 1.82) is 0 Å². The molecule has 0 rings (SSSR count). The van der Waals surface area contributed by atoms with Crippen molar-refractivity contribution in [3.63, 3.8) is 0 Å². The van der Waals surface area contributed by atoms with Gasteiger partial charge in [0.15, 0.2) is 0 Å². The van der Waals surface area contributed by atoms with Crippen molar-refractivity contribution in [3.8, 4) is 0 Å². The molecule has 0 radical (unpaired) electrons. The van der Waals surface area contributed by atoms with Gasteiger partial charge < -0.3 is 25.5 Å². The number of hydrogen-bond acceptors (Lipinski definition) is 4. The number of carboxylic acids is 1. The summed E-state index contributed by atoms with van der Waals surface area (Å²) in [7, 11) is 0. The molecule has 0 aromatic heterocycles. The summed E-state index contributed by atoms with van der Waals surface area (Å²) in [4.78, 5) is 23.8. The largest absolute Gasteiger partial charge is 0.480 e. The van der Waals surface area contributed by atoms with Gasteiger partial charge in [-0.15, -0.1) is 0 Å². The highest BCUT2D eigenvalue weighted by molar-refractivity contribution is 5.82. The Hall–Kier alpha value is -1.34. The first-order chi connectivity index (χ1) is 8.06. The number of aliphatic hydroxyl groups excluding tert-OH is 2. The quantitative estimate of drug-likeness (QED) is 0.451. The highest BCUT2D eigenvalue weighted by Crippen LogP contribution is 1.97. The predicted octanol–water partition coefficient (Wildman–Crippen LogP) is -0.764. The standard InChI is InChI=1S/C10H20N2O5/c1-2-12(5-3-6-13)10(17)11-8(4-7-14)9(15)16/h8,13-14H,2-7H2,1H3,(H,11,17)(H,15,16). The summed E-state index contributed by atoms with van der Waals surface area (Å²) in [6.07, 6.45) is 0.414. The number of carbonyl (C=O) groups excluding carboxylic acids is 1. The van der Waals surface area contributed by atoms with Gasteiger partial charge in [0.2, 0.25) is 0 Å². The molecule has 7 heteroatoms. The molecule has 1 atom stereocenters. The van der Waals surface area contributed by atoms with Crippen LogP contribution in [0.4, 0.5) is 4.79 Å². The van der Waals surface area contributed by atoms with Crippen LogP contribution in [-0.4, -0.2) is 64.6 Å². The Balaban J connectivity index is 4.30. The molecule has 0 bridgehead atoms. The highest BCUT2D eigenvalue weighted by Gasteiger charge is 2.21. The monoisotopic (exact) mass is 248 g/mol. The SMILES string of the molecule is CCN(CCCO)C(=O)NC(CCO)C(=O)O. The molecule has 1 unspecified atom stereocenters. The van der Waals surface area contributed by atoms with Crippen LogP contribution >= 0.6 is 0 Å². The Morgan fingerprint density at radius 2 is 1.94 bits per heavy atom. The zero-order valence-corrected chi connectivity index (χ0v) is 9.93. The van der Waals surface area contributed by atoms with Gasteiger partial charge in [0.25, 0.3) is 0 Å². The average molecular weight is 248 g/mol. The molecule has 0 fully saturated rings. The zero-order valence-electron chi connectivity index (χ0n) is 9.93. The maximum atomic E-state index is 11.7. The predicted molar refractivity (Wildman–Crippen MR) is 60.6 cm³/mol. The van der Waals surface area contributed by atoms with Gasteiger partial charge in [0.1, 0.15) is 6.04 Å². The van der Waals surface area contributed by atoms with E-state index in [1.807, 2.05) is 0 Å². The summed E-state index contributed by atoms with van der Waals surface area (Å²) < 4.78 is 0. The summed E-state index contributed by atoms with van der Waals surface area (Å²) in [5, 5.41) is 28.5. The van der Waals surface area contributed by atoms with Crippen LogP contribution in [0.5, 0.6) is 0 Å². The van der Waals surface area contributed by atoms with Gasteiger partial charge in [-0.3, -0.25) is 0 Å². The van der Waals surface area contributed by atoms with Crippen LogP contribution in [0.15, 0.2) is 0 Å². The lowest BCUT2D eigenvalue weighted by molar-refractivity contribution is -0.139. The number of hydrogen-bond donors (Lipinski definition) is 4. The first kappa shape index (κ1) is 15.7. The second-order valence-corrected chi connectivity index (χ2v) is 3.51. The van der Waals surface area contributed by atoms with Gasteiger partial charge in [-0.2, -0.15) is 0 Å². The van der Waals surface area contributed by atoms with Gasteiger partial charge in [-0.1, -0.05) is 0 Å². The molecular weight excluding hydrogens is 228 g/mol. The van der Waals surface area contributed by atoms with Crippen LogP contribution in [-0.2, 0) is 4.79 Å². The van der Waals surface area contributed by atoms with Crippen molar-refractivity contribution in [3.05, 3.63) is 0 Å². The van der Waals surface area contributed by atoms with Crippen LogP contribution < -0.4 is 5.32 Å². The summed E-state index contributed by atoms with van der Waals surface area (Å²) >= 11 is 0. The molecule has 7 nitrogen and oxygen atoms in total. The second-order valence-electron chi connectivity index (χ2n) is 3.51. The van der Waals surface area contributed by atoms with E-state index in [0.29, 0.717) is 19.5 Å². The third-order valence-electron chi connectivity index (χ3n) is 2.27. The molecule has 0 heterocycles. The van der Waals surface area contributed by atoms with Gasteiger partial charge in [-0.25, -0.2) is 9.59 Å². The smallest absolute Gasteiger partial charge is 0.326 e. The number of carboxylic acid groups (broad SMARTS) is 1. The summed E-state index contributed by atoms with van der Waals surface area (Å²) in [5.41, 5.74) is 0. The van der Waals surface area contributed by atoms with Crippen molar-refractivity contribution in [1.82, 2.24) is 10.2 Å². The Morgan fingerprint density at radius 1 is 1.29 bits per heavy atom. The number of carbonyl (C=O) groups is 2. The van der Waals surface area contributed by atoms with E-state index in [4.69, 9.17) is 15.3 Å². The topological polar surface area (TPSA) is 110 Å². The summed E-state index contributed by atoms with van der Waals surface area (Å²) in [6, 6.07) is -1.59. The highest BCUT2D eigenvalue weighted by atomic mass is 16.4. The first-order valence-corrected chi connectivity index (χ1v) is 5.56. The lowest BCUT2D eigenvalue weighted by Crippen LogP contribution is -2.48. The van der Waals surface area contributed by atoms with Crippen LogP contribution in [0, 0.1) is 0 Å². The minimum absolute atomic E-state index is 0.0250. The number of urea groups is 1. The van der Waals surface area contributed by atoms with Crippen molar-refractivity contribution in [2.24, 2.45) is 0 Å². The van der Waals surface area contributed by atoms with Gasteiger partial charge >= 0.3 is 12.0 Å². The van der Waals surface area contributed by atoms with Crippen molar-refractivity contribution < 1.29 is 24.9 Å². The van der Waals surface area contributed by atoms with E-state index in [1.54, 1.807) is 6.92 Å². The minimum atomic E-state index is -1.18. The Morgan fingerprint density at radius 3 is 2.35 bits per heavy atom. The molecule has 0 aliphatic heterocycles. The average Bonchev–Trinajstić information content (AvgIpc) is 2.29. The number of nitrogens with zero attached hydrogens (tertiary/aromatic N) is 1. The van der Waals surface area contributed by atoms with Gasteiger partial charge in [0, 0.05) is 32.7 Å². The molecule has 0 aromatic carbocycles. The lowest BCUT2D eigenvalue weighted by atomic mass is 10.2. The molecule has 100 valence electrons. The van der Waals surface area contributed by atoms with Crippen molar-refractivity contribution >= 4 is 12.0 Å². The van der Waals surface area contributed by atoms with E-state index in [2.05, 4.69) is 5.32 Å². The van der Waals surface area contributed by atoms with Crippen LogP contribution in [0.2, 0.25) is 0 Å². The van der Waals surface area contributed by atoms with E-state index in [9.17, 15) is 9.59 Å². The van der Waals surface area contributed by atoms with E-state index in [-0.39, 0.29) is 19.6 Å². The van der Waals surface area contributed by atoms with Crippen LogP contribution in [0.25, 0.3) is 0 Å². The molecule has 2 amide bonds. The number of aliphatic carboxylic acids is 1. The summed E-state index contributed by atoms with van der Waals surface area (Å²) in [6.45, 7) is 2.23. The Labute approximate surface area is 100 Å². The molecule has 0 spiro atoms. The maximum absolute atomic E-state index is 11.7. The van der Waals surface area contributed by atoms with E-state index in [0.717, 1.165) is 0 Å². The molecule has 0 saturated carbocycles. The third kappa shape index (κ3) is 6.08. The number of aliphatic hydroxyl groups is 2.